The van der Waals surface area contributed by atoms with E-state index < -0.39 is 33.1 Å². The molecule has 0 amide bonds. The molecule has 29 heteroatoms. The zero-order valence-corrected chi connectivity index (χ0v) is 28.9. The van der Waals surface area contributed by atoms with Gasteiger partial charge < -0.3 is 100 Å². The zero-order chi connectivity index (χ0) is 16.2. The fourth-order valence-electron chi connectivity index (χ4n) is 0. The van der Waals surface area contributed by atoms with Gasteiger partial charge in [0.15, 0.2) is 0 Å². The number of hydrogen-bond acceptors (Lipinski definition) is 16. The van der Waals surface area contributed by atoms with Gasteiger partial charge in [-0.05, 0) is 12.3 Å². The van der Waals surface area contributed by atoms with Crippen molar-refractivity contribution in [3.8, 4) is 0 Å². The third kappa shape index (κ3) is 1660. The first kappa shape index (κ1) is 123. The first-order chi connectivity index (χ1) is 7.46. The molecule has 0 rings (SSSR count). The number of rotatable bonds is 0. The van der Waals surface area contributed by atoms with Gasteiger partial charge in [-0.3, -0.25) is 16.8 Å². The third-order valence-corrected chi connectivity index (χ3v) is 0. The van der Waals surface area contributed by atoms with Crippen molar-refractivity contribution in [1.82, 2.24) is 0 Å². The van der Waals surface area contributed by atoms with E-state index in [1.807, 2.05) is 0 Å². The molecule has 0 bridgehead atoms. The molecule has 0 aromatic heterocycles. The van der Waals surface area contributed by atoms with Crippen LogP contribution in [0, 0.1) is 0 Å². The molecule has 0 aliphatic rings. The monoisotopic (exact) mass is 662 g/mol. The summed E-state index contributed by atoms with van der Waals surface area (Å²) in [4.78, 5) is 16.7. The van der Waals surface area contributed by atoms with Crippen LogP contribution >= 0.6 is 0 Å². The van der Waals surface area contributed by atoms with Crippen molar-refractivity contribution >= 4 is 215 Å². The van der Waals surface area contributed by atoms with Crippen molar-refractivity contribution < 1.29 is 117 Å². The Balaban J connectivity index is -0.00000000495. The molecule has 8 N–H and O–H groups in total. The van der Waals surface area contributed by atoms with Crippen molar-refractivity contribution in [2.45, 2.75) is 0 Å². The molecule has 0 radical (unpaired) electrons. The van der Waals surface area contributed by atoms with Crippen LogP contribution in [0.5, 0.6) is 0 Å². The zero-order valence-electron chi connectivity index (χ0n) is 14.9. The molecule has 0 aliphatic carbocycles. The Morgan fingerprint density at radius 1 is 0.484 bits per heavy atom. The van der Waals surface area contributed by atoms with Gasteiger partial charge in [0.05, 0.1) is 0 Å². The maximum atomic E-state index is 8.52. The summed E-state index contributed by atoms with van der Waals surface area (Å²) in [6.45, 7) is 0. The molecule has 0 aromatic carbocycles. The first-order valence-electron chi connectivity index (χ1n) is 2.56. The van der Waals surface area contributed by atoms with E-state index in [0.29, 0.717) is 0 Å². The van der Waals surface area contributed by atoms with Gasteiger partial charge in [-0.25, -0.2) is 0 Å². The van der Waals surface area contributed by atoms with Crippen molar-refractivity contribution in [2.75, 3.05) is 0 Å². The summed E-state index contributed by atoms with van der Waals surface area (Å²) < 4.78 is 68.2. The van der Waals surface area contributed by atoms with Crippen LogP contribution in [-0.2, 0) is 20.8 Å². The van der Waals surface area contributed by atoms with Crippen molar-refractivity contribution in [3.63, 3.8) is 0 Å². The van der Waals surface area contributed by atoms with Gasteiger partial charge in [-0.1, -0.05) is 0 Å². The van der Waals surface area contributed by atoms with Gasteiger partial charge in [0.1, 0.15) is 0 Å². The van der Waals surface area contributed by atoms with E-state index in [1.165, 1.54) is 0 Å². The van der Waals surface area contributed by atoms with E-state index in [1.54, 1.807) is 0 Å². The fourth-order valence-corrected chi connectivity index (χ4v) is 0. The van der Waals surface area contributed by atoms with Crippen molar-refractivity contribution in [3.05, 3.63) is 0 Å². The summed E-state index contributed by atoms with van der Waals surface area (Å²) in [6.07, 6.45) is -4.67. The molecule has 0 spiro atoms. The third-order valence-electron chi connectivity index (χ3n) is 0. The van der Waals surface area contributed by atoms with E-state index in [0.717, 1.165) is 0 Å². The van der Waals surface area contributed by atoms with Gasteiger partial charge in [0.2, 0.25) is 0 Å². The second-order valence-corrected chi connectivity index (χ2v) is 2.95. The molecule has 0 saturated heterocycles. The van der Waals surface area contributed by atoms with E-state index >= 15 is 0 Å². The number of carbonyl (C=O) groups excluding carboxylic acids is 2. The van der Waals surface area contributed by atoms with Crippen LogP contribution in [0.25, 0.3) is 0 Å². The van der Waals surface area contributed by atoms with Crippen LogP contribution in [0.4, 0.5) is 9.59 Å². The number of carboxylic acid groups (broad SMARTS) is 4. The maximum Gasteiger partial charge on any atom is 2.00 e. The molecular weight excluding hydrogens is 656 g/mol. The summed E-state index contributed by atoms with van der Waals surface area (Å²) in [7, 11) is -10.3. The predicted octanol–water partition coefficient (Wildman–Crippen LogP) is -18.7. The first-order valence-corrected chi connectivity index (χ1v) is 5.22. The molecule has 0 fully saturated rings. The molecule has 0 saturated carbocycles. The van der Waals surface area contributed by atoms with E-state index in [2.05, 4.69) is 0 Å². The van der Waals surface area contributed by atoms with Crippen molar-refractivity contribution in [2.24, 2.45) is 0 Å². The minimum atomic E-state index is -5.17. The van der Waals surface area contributed by atoms with Gasteiger partial charge in [-0.2, -0.15) is 0 Å². The number of carbonyl (C=O) groups is 2. The Labute approximate surface area is 326 Å². The van der Waals surface area contributed by atoms with Crippen LogP contribution in [0.1, 0.15) is 0 Å². The molecule has 0 heterocycles. The Bertz CT molecular complexity index is 384. The topological polar surface area (TPSA) is 441 Å². The SMILES string of the molecule is O.O.O.O=C([O-])[O-].O=C([O-])[O-].O=S(=O)([O-])[O-].O=S(=O)([O-])[O-].[Ca+2].[Ca+2].[Ca+2].[Cl-].[Cl-].[Mg+2].[Mg+2].[Mg+2].[OH-].[OH-]. The largest absolute Gasteiger partial charge is 2.00 e. The Kier molecular flexibility index (Phi) is 303. The quantitative estimate of drug-likeness (QED) is 0.132. The van der Waals surface area contributed by atoms with Crippen LogP contribution in [0.3, 0.4) is 0 Å². The smallest absolute Gasteiger partial charge is 1.00 e. The predicted molar refractivity (Wildman–Crippen MR) is 81.0 cm³/mol. The second kappa shape index (κ2) is 76.5. The molecule has 31 heavy (non-hydrogen) atoms. The average molecular weight is 664 g/mol. The Morgan fingerprint density at radius 3 is 0.484 bits per heavy atom. The number of hydrogen-bond donors (Lipinski definition) is 0. The van der Waals surface area contributed by atoms with Crippen LogP contribution < -0.4 is 45.2 Å². The normalized spacial score (nSPS) is 5.29. The molecule has 168 valence electrons. The summed E-state index contributed by atoms with van der Waals surface area (Å²) in [5, 5.41) is 33.3. The van der Waals surface area contributed by atoms with Gasteiger partial charge in [0, 0.05) is 20.8 Å². The Hall–Kier alpha value is 4.74. The average Bonchev–Trinajstić information content (AvgIpc) is 1.70. The van der Waals surface area contributed by atoms with Gasteiger partial charge >= 0.3 is 182 Å². The molecule has 0 aliphatic heterocycles. The summed E-state index contributed by atoms with van der Waals surface area (Å²) >= 11 is 0. The summed E-state index contributed by atoms with van der Waals surface area (Å²) in [6, 6.07) is 0. The van der Waals surface area contributed by atoms with Crippen LogP contribution in [-0.4, -0.2) is 257 Å². The van der Waals surface area contributed by atoms with E-state index in [-0.39, 0.29) is 235 Å². The van der Waals surface area contributed by atoms with Crippen LogP contribution in [0.15, 0.2) is 0 Å². The molecule has 0 aromatic rings. The maximum absolute atomic E-state index is 8.52. The van der Waals surface area contributed by atoms with Crippen LogP contribution in [0.2, 0.25) is 0 Å². The fraction of sp³-hybridized carbons (Fsp3) is 0. The summed E-state index contributed by atoms with van der Waals surface area (Å²) in [5.74, 6) is 0. The molecule has 0 atom stereocenters. The van der Waals surface area contributed by atoms with Crippen molar-refractivity contribution in [1.29, 1.82) is 0 Å². The van der Waals surface area contributed by atoms with Gasteiger partial charge in [-0.15, -0.1) is 0 Å². The second-order valence-electron chi connectivity index (χ2n) is 1.32. The Morgan fingerprint density at radius 2 is 0.484 bits per heavy atom. The number of halogens is 2. The summed E-state index contributed by atoms with van der Waals surface area (Å²) in [5.41, 5.74) is 0. The van der Waals surface area contributed by atoms with Gasteiger partial charge in [0.25, 0.3) is 0 Å². The standard InChI is InChI=1S/2CH2O3.3Ca.2ClH.3Mg.2H2O4S.5H2O/c2*2-1(3)4;;;;;;;;;2*1-5(2,3)4;;;;;/h2*(H2,2,3,4);;;;2*1H;;;;2*(H2,1,2,3,4);5*1H2/q;;3*+2;;;3*+2;;;;;;;/p-12. The van der Waals surface area contributed by atoms with E-state index in [4.69, 9.17) is 65.1 Å². The molecule has 0 unspecified atom stereocenters. The molecule has 19 nitrogen and oxygen atoms in total. The minimum Gasteiger partial charge on any atom is -1.00 e. The van der Waals surface area contributed by atoms with E-state index in [9.17, 15) is 0 Å². The minimum absolute atomic E-state index is 0. The molecular formula is C2H8Ca3Cl2Mg3O19S2.